The van der Waals surface area contributed by atoms with E-state index in [1.165, 1.54) is 12.1 Å². The second-order valence-electron chi connectivity index (χ2n) is 7.16. The molecule has 2 atom stereocenters. The summed E-state index contributed by atoms with van der Waals surface area (Å²) >= 11 is 0.756. The van der Waals surface area contributed by atoms with E-state index in [4.69, 9.17) is 9.47 Å². The van der Waals surface area contributed by atoms with Gasteiger partial charge >= 0.3 is 0 Å². The minimum Gasteiger partial charge on any atom is -0.490 e. The van der Waals surface area contributed by atoms with E-state index in [1.54, 1.807) is 12.1 Å². The van der Waals surface area contributed by atoms with Crippen LogP contribution >= 0.6 is 11.5 Å². The average molecular weight is 486 g/mol. The predicted molar refractivity (Wildman–Crippen MR) is 111 cm³/mol. The van der Waals surface area contributed by atoms with Gasteiger partial charge in [0.25, 0.3) is 10.0 Å². The molecule has 3 aromatic rings. The average Bonchev–Trinajstić information content (AvgIpc) is 3.27. The van der Waals surface area contributed by atoms with Crippen LogP contribution in [0.5, 0.6) is 5.75 Å². The third-order valence-electron chi connectivity index (χ3n) is 5.08. The molecular formula is C20H18F3N3O4S2. The Balaban J connectivity index is 1.49. The van der Waals surface area contributed by atoms with Gasteiger partial charge in [0, 0.05) is 36.2 Å². The molecule has 0 aliphatic carbocycles. The summed E-state index contributed by atoms with van der Waals surface area (Å²) < 4.78 is 83.7. The molecule has 1 fully saturated rings. The molecule has 1 aromatic heterocycles. The zero-order valence-corrected chi connectivity index (χ0v) is 18.1. The molecule has 0 bridgehead atoms. The second kappa shape index (κ2) is 9.43. The van der Waals surface area contributed by atoms with Crippen LogP contribution in [0.15, 0.2) is 47.6 Å². The molecular weight excluding hydrogens is 467 g/mol. The van der Waals surface area contributed by atoms with Crippen molar-refractivity contribution in [1.29, 1.82) is 0 Å². The van der Waals surface area contributed by atoms with Crippen LogP contribution in [0, 0.1) is 23.4 Å². The van der Waals surface area contributed by atoms with E-state index >= 15 is 0 Å². The summed E-state index contributed by atoms with van der Waals surface area (Å²) in [6.07, 6.45) is 1.80. The van der Waals surface area contributed by atoms with Crippen molar-refractivity contribution in [3.63, 3.8) is 0 Å². The summed E-state index contributed by atoms with van der Waals surface area (Å²) in [5.74, 6) is -3.15. The largest absolute Gasteiger partial charge is 0.490 e. The van der Waals surface area contributed by atoms with Crippen LogP contribution < -0.4 is 9.46 Å². The molecule has 1 aliphatic rings. The highest BCUT2D eigenvalue weighted by Crippen LogP contribution is 2.33. The molecule has 1 N–H and O–H groups in total. The first-order valence-electron chi connectivity index (χ1n) is 9.58. The summed E-state index contributed by atoms with van der Waals surface area (Å²) in [7, 11) is -4.40. The van der Waals surface area contributed by atoms with Crippen molar-refractivity contribution < 1.29 is 31.1 Å². The number of halogens is 3. The van der Waals surface area contributed by atoms with E-state index in [0.717, 1.165) is 23.4 Å². The Morgan fingerprint density at radius 3 is 2.66 bits per heavy atom. The Labute approximate surface area is 186 Å². The number of rotatable bonds is 7. The number of sulfonamides is 1. The number of aromatic nitrogens is 2. The fourth-order valence-corrected chi connectivity index (χ4v) is 5.26. The van der Waals surface area contributed by atoms with E-state index in [0.29, 0.717) is 31.8 Å². The monoisotopic (exact) mass is 485 g/mol. The number of ether oxygens (including phenoxy) is 2. The Bertz CT molecular complexity index is 1180. The molecule has 12 heteroatoms. The minimum atomic E-state index is -4.40. The lowest BCUT2D eigenvalue weighted by atomic mass is 9.83. The Morgan fingerprint density at radius 1 is 1.16 bits per heavy atom. The van der Waals surface area contributed by atoms with Gasteiger partial charge in [0.2, 0.25) is 5.13 Å². The summed E-state index contributed by atoms with van der Waals surface area (Å²) in [6, 6.07) is 7.36. The van der Waals surface area contributed by atoms with Crippen molar-refractivity contribution in [3.05, 3.63) is 65.7 Å². The molecule has 1 aliphatic heterocycles. The van der Waals surface area contributed by atoms with Crippen molar-refractivity contribution in [1.82, 2.24) is 9.36 Å². The van der Waals surface area contributed by atoms with Crippen molar-refractivity contribution in [2.24, 2.45) is 5.92 Å². The van der Waals surface area contributed by atoms with Gasteiger partial charge in [-0.15, -0.1) is 0 Å². The highest BCUT2D eigenvalue weighted by atomic mass is 32.2. The van der Waals surface area contributed by atoms with E-state index in [1.807, 2.05) is 4.72 Å². The Kier molecular flexibility index (Phi) is 6.63. The number of nitrogens with zero attached hydrogens (tertiary/aromatic N) is 2. The quantitative estimate of drug-likeness (QED) is 0.545. The molecule has 2 aromatic carbocycles. The lowest BCUT2D eigenvalue weighted by molar-refractivity contribution is 0.0199. The molecule has 2 heterocycles. The fourth-order valence-electron chi connectivity index (χ4n) is 3.52. The van der Waals surface area contributed by atoms with Crippen LogP contribution in [0.2, 0.25) is 0 Å². The van der Waals surface area contributed by atoms with Gasteiger partial charge in [-0.2, -0.15) is 4.37 Å². The first-order valence-corrected chi connectivity index (χ1v) is 11.8. The molecule has 170 valence electrons. The summed E-state index contributed by atoms with van der Waals surface area (Å²) in [5, 5.41) is -0.0748. The zero-order valence-electron chi connectivity index (χ0n) is 16.5. The number of benzene rings is 2. The van der Waals surface area contributed by atoms with Crippen LogP contribution in [0.25, 0.3) is 0 Å². The summed E-state index contributed by atoms with van der Waals surface area (Å²) in [4.78, 5) is 2.79. The van der Waals surface area contributed by atoms with Gasteiger partial charge in [0.1, 0.15) is 22.9 Å². The number of anilines is 1. The first kappa shape index (κ1) is 22.5. The molecule has 4 rings (SSSR count). The molecule has 1 saturated heterocycles. The summed E-state index contributed by atoms with van der Waals surface area (Å²) in [6.45, 7) is 0.869. The smallest absolute Gasteiger partial charge is 0.266 e. The van der Waals surface area contributed by atoms with Gasteiger partial charge in [-0.1, -0.05) is 12.1 Å². The maximum absolute atomic E-state index is 14.6. The highest BCUT2D eigenvalue weighted by Gasteiger charge is 2.29. The predicted octanol–water partition coefficient (Wildman–Crippen LogP) is 3.96. The topological polar surface area (TPSA) is 90.4 Å². The van der Waals surface area contributed by atoms with Crippen molar-refractivity contribution in [2.45, 2.75) is 17.2 Å². The molecule has 2 unspecified atom stereocenters. The molecule has 32 heavy (non-hydrogen) atoms. The summed E-state index contributed by atoms with van der Waals surface area (Å²) in [5.41, 5.74) is 0.902. The van der Waals surface area contributed by atoms with Gasteiger partial charge in [-0.3, -0.25) is 4.72 Å². The fraction of sp³-hybridized carbons (Fsp3) is 0.300. The van der Waals surface area contributed by atoms with E-state index in [2.05, 4.69) is 9.36 Å². The van der Waals surface area contributed by atoms with Crippen molar-refractivity contribution in [2.75, 3.05) is 24.5 Å². The molecule has 0 spiro atoms. The number of nitrogens with one attached hydrogen (secondary N) is 1. The minimum absolute atomic E-state index is 0.00647. The second-order valence-corrected chi connectivity index (χ2v) is 9.59. The lowest BCUT2D eigenvalue weighted by Gasteiger charge is -2.31. The van der Waals surface area contributed by atoms with Crippen LogP contribution in [0.3, 0.4) is 0 Å². The normalized spacial score (nSPS) is 19.0. The van der Waals surface area contributed by atoms with Gasteiger partial charge in [-0.25, -0.2) is 26.6 Å². The zero-order chi connectivity index (χ0) is 22.7. The van der Waals surface area contributed by atoms with Crippen LogP contribution in [0.1, 0.15) is 17.9 Å². The van der Waals surface area contributed by atoms with Crippen molar-refractivity contribution >= 4 is 26.7 Å². The number of hydrogen-bond donors (Lipinski definition) is 1. The standard InChI is InChI=1S/C20H18F3N3O4S2/c21-14-3-1-12(2-4-14)15-5-6-29-9-13(15)10-30-18-7-17(23)19(8-16(18)22)32(27,28)26-20-24-11-25-31-20/h1-4,7-8,11,13,15H,5-6,9-10H2,(H,24,25,26). The van der Waals surface area contributed by atoms with Gasteiger partial charge in [0.05, 0.1) is 13.2 Å². The molecule has 0 radical (unpaired) electrons. The maximum Gasteiger partial charge on any atom is 0.266 e. The van der Waals surface area contributed by atoms with Crippen LogP contribution in [0.4, 0.5) is 18.3 Å². The number of hydrogen-bond acceptors (Lipinski definition) is 7. The van der Waals surface area contributed by atoms with Crippen LogP contribution in [-0.2, 0) is 14.8 Å². The molecule has 7 nitrogen and oxygen atoms in total. The van der Waals surface area contributed by atoms with Gasteiger partial charge in [-0.05, 0) is 30.0 Å². The van der Waals surface area contributed by atoms with Gasteiger partial charge in [0.15, 0.2) is 11.6 Å². The molecule has 0 saturated carbocycles. The van der Waals surface area contributed by atoms with Crippen LogP contribution in [-0.4, -0.2) is 37.6 Å². The Morgan fingerprint density at radius 2 is 1.94 bits per heavy atom. The SMILES string of the molecule is O=S(=O)(Nc1ncns1)c1cc(F)c(OCC2COCCC2c2ccc(F)cc2)cc1F. The molecule has 0 amide bonds. The Hall–Kier alpha value is -2.70. The van der Waals surface area contributed by atoms with Gasteiger partial charge < -0.3 is 9.47 Å². The van der Waals surface area contributed by atoms with E-state index in [-0.39, 0.29) is 29.4 Å². The third kappa shape index (κ3) is 5.03. The van der Waals surface area contributed by atoms with E-state index in [9.17, 15) is 21.6 Å². The lowest BCUT2D eigenvalue weighted by Crippen LogP contribution is -2.30. The maximum atomic E-state index is 14.6. The van der Waals surface area contributed by atoms with Crippen molar-refractivity contribution in [3.8, 4) is 5.75 Å². The van der Waals surface area contributed by atoms with E-state index < -0.39 is 32.3 Å². The first-order chi connectivity index (χ1) is 15.3. The highest BCUT2D eigenvalue weighted by molar-refractivity contribution is 7.93. The third-order valence-corrected chi connectivity index (χ3v) is 7.15.